The average molecular weight is 371 g/mol. The Kier molecular flexibility index (Phi) is 5.73. The molecule has 1 unspecified atom stereocenters. The molecule has 3 aliphatic rings. The van der Waals surface area contributed by atoms with Gasteiger partial charge in [-0.05, 0) is 19.8 Å². The molecule has 0 radical (unpaired) electrons. The van der Waals surface area contributed by atoms with Crippen molar-refractivity contribution in [3.8, 4) is 0 Å². The molecule has 3 rings (SSSR count). The molecule has 25 heavy (non-hydrogen) atoms. The number of hydrogen-bond acceptors (Lipinski definition) is 5. The molecule has 8 nitrogen and oxygen atoms in total. The lowest BCUT2D eigenvalue weighted by Crippen LogP contribution is -2.51. The van der Waals surface area contributed by atoms with E-state index < -0.39 is 12.1 Å². The number of hydrogen-bond donors (Lipinski definition) is 3. The van der Waals surface area contributed by atoms with Crippen LogP contribution in [-0.4, -0.2) is 76.3 Å². The molecule has 5 atom stereocenters. The van der Waals surface area contributed by atoms with Crippen molar-refractivity contribution in [2.75, 3.05) is 18.8 Å². The number of fused-ring (bicyclic) bond motifs is 1. The SMILES string of the molecule is C[C@@H]1CN(C(=O)CCCC[C@@H]2SC[C@@H]3NC(=O)N[C@@H]32)CC(C(=O)O)O1. The summed E-state index contributed by atoms with van der Waals surface area (Å²) in [7, 11) is 0. The zero-order valence-electron chi connectivity index (χ0n) is 14.3. The van der Waals surface area contributed by atoms with Crippen molar-refractivity contribution in [2.45, 2.75) is 62.1 Å². The fraction of sp³-hybridized carbons (Fsp3) is 0.812. The van der Waals surface area contributed by atoms with Crippen LogP contribution in [0.4, 0.5) is 4.79 Å². The van der Waals surface area contributed by atoms with Gasteiger partial charge >= 0.3 is 12.0 Å². The largest absolute Gasteiger partial charge is 0.479 e. The number of carboxylic acids is 1. The highest BCUT2D eigenvalue weighted by atomic mass is 32.2. The zero-order chi connectivity index (χ0) is 18.0. The lowest BCUT2D eigenvalue weighted by Gasteiger charge is -2.35. The van der Waals surface area contributed by atoms with Crippen molar-refractivity contribution in [3.63, 3.8) is 0 Å². The molecule has 0 aliphatic carbocycles. The van der Waals surface area contributed by atoms with E-state index in [1.54, 1.807) is 11.8 Å². The monoisotopic (exact) mass is 371 g/mol. The topological polar surface area (TPSA) is 108 Å². The van der Waals surface area contributed by atoms with E-state index in [1.165, 1.54) is 0 Å². The third kappa shape index (κ3) is 4.38. The van der Waals surface area contributed by atoms with E-state index in [9.17, 15) is 14.4 Å². The molecule has 0 aromatic rings. The average Bonchev–Trinajstić information content (AvgIpc) is 3.10. The second-order valence-electron chi connectivity index (χ2n) is 6.94. The third-order valence-corrected chi connectivity index (χ3v) is 6.46. The van der Waals surface area contributed by atoms with Crippen molar-refractivity contribution in [2.24, 2.45) is 0 Å². The van der Waals surface area contributed by atoms with Gasteiger partial charge in [0.2, 0.25) is 5.91 Å². The Hall–Kier alpha value is -1.48. The number of carboxylic acid groups (broad SMARTS) is 1. The zero-order valence-corrected chi connectivity index (χ0v) is 15.1. The lowest BCUT2D eigenvalue weighted by molar-refractivity contribution is -0.166. The van der Waals surface area contributed by atoms with Crippen molar-refractivity contribution in [1.82, 2.24) is 15.5 Å². The van der Waals surface area contributed by atoms with Gasteiger partial charge in [0.25, 0.3) is 0 Å². The van der Waals surface area contributed by atoms with E-state index in [4.69, 9.17) is 9.84 Å². The summed E-state index contributed by atoms with van der Waals surface area (Å²) in [5, 5.41) is 15.4. The van der Waals surface area contributed by atoms with Gasteiger partial charge in [0.15, 0.2) is 6.10 Å². The number of carbonyl (C=O) groups is 3. The van der Waals surface area contributed by atoms with E-state index in [0.717, 1.165) is 25.0 Å². The molecule has 0 aromatic carbocycles. The van der Waals surface area contributed by atoms with E-state index in [-0.39, 0.29) is 36.7 Å². The number of unbranched alkanes of at least 4 members (excludes halogenated alkanes) is 1. The Morgan fingerprint density at radius 2 is 2.12 bits per heavy atom. The highest BCUT2D eigenvalue weighted by Gasteiger charge is 2.42. The molecule has 3 aliphatic heterocycles. The minimum atomic E-state index is -1.02. The number of morpholine rings is 1. The molecule has 9 heteroatoms. The van der Waals surface area contributed by atoms with Crippen LogP contribution in [0.2, 0.25) is 0 Å². The molecule has 3 fully saturated rings. The first-order valence-electron chi connectivity index (χ1n) is 8.78. The van der Waals surface area contributed by atoms with Crippen LogP contribution in [0.5, 0.6) is 0 Å². The molecule has 3 N–H and O–H groups in total. The van der Waals surface area contributed by atoms with Crippen LogP contribution in [0.3, 0.4) is 0 Å². The summed E-state index contributed by atoms with van der Waals surface area (Å²) < 4.78 is 5.33. The predicted octanol–water partition coefficient (Wildman–Crippen LogP) is 0.413. The summed E-state index contributed by atoms with van der Waals surface area (Å²) in [6, 6.07) is 0.349. The first kappa shape index (κ1) is 18.3. The molecule has 0 spiro atoms. The molecule has 3 amide bonds. The van der Waals surface area contributed by atoms with Crippen LogP contribution in [0, 0.1) is 0 Å². The highest BCUT2D eigenvalue weighted by Crippen LogP contribution is 2.33. The van der Waals surface area contributed by atoms with Gasteiger partial charge in [-0.2, -0.15) is 11.8 Å². The fourth-order valence-electron chi connectivity index (χ4n) is 3.71. The van der Waals surface area contributed by atoms with E-state index in [0.29, 0.717) is 18.2 Å². The smallest absolute Gasteiger partial charge is 0.334 e. The molecule has 3 heterocycles. The Balaban J connectivity index is 1.38. The highest BCUT2D eigenvalue weighted by molar-refractivity contribution is 8.00. The molecule has 0 aromatic heterocycles. The molecule has 140 valence electrons. The van der Waals surface area contributed by atoms with E-state index in [2.05, 4.69) is 10.6 Å². The fourth-order valence-corrected chi connectivity index (χ4v) is 5.26. The maximum absolute atomic E-state index is 12.3. The summed E-state index contributed by atoms with van der Waals surface area (Å²) >= 11 is 1.87. The van der Waals surface area contributed by atoms with Crippen molar-refractivity contribution >= 4 is 29.7 Å². The Labute approximate surface area is 151 Å². The Bertz CT molecular complexity index is 546. The summed E-state index contributed by atoms with van der Waals surface area (Å²) in [6.07, 6.45) is 1.90. The number of amides is 3. The molecular weight excluding hydrogens is 346 g/mol. The van der Waals surface area contributed by atoms with Crippen LogP contribution < -0.4 is 10.6 Å². The van der Waals surface area contributed by atoms with Crippen molar-refractivity contribution in [1.29, 1.82) is 0 Å². The molecule has 3 saturated heterocycles. The molecular formula is C16H25N3O5S. The van der Waals surface area contributed by atoms with Crippen LogP contribution in [0.25, 0.3) is 0 Å². The summed E-state index contributed by atoms with van der Waals surface area (Å²) in [6.45, 7) is 2.36. The number of nitrogens with one attached hydrogen (secondary N) is 2. The minimum Gasteiger partial charge on any atom is -0.479 e. The summed E-state index contributed by atoms with van der Waals surface area (Å²) in [5.74, 6) is -0.0894. The van der Waals surface area contributed by atoms with E-state index in [1.807, 2.05) is 11.8 Å². The van der Waals surface area contributed by atoms with Gasteiger partial charge in [0.1, 0.15) is 0 Å². The normalized spacial score (nSPS) is 34.4. The standard InChI is InChI=1S/C16H25N3O5S/c1-9-6-19(7-11(24-9)15(21)22)13(20)5-3-2-4-12-14-10(8-25-12)17-16(23)18-14/h9-12,14H,2-8H2,1H3,(H,21,22)(H2,17,18,23)/t9-,10+,11?,12+,14+/m1/s1. The maximum atomic E-state index is 12.3. The quantitative estimate of drug-likeness (QED) is 0.461. The minimum absolute atomic E-state index is 0.00538. The maximum Gasteiger partial charge on any atom is 0.334 e. The summed E-state index contributed by atoms with van der Waals surface area (Å²) in [4.78, 5) is 36.4. The predicted molar refractivity (Wildman–Crippen MR) is 92.5 cm³/mol. The first-order valence-corrected chi connectivity index (χ1v) is 9.83. The number of urea groups is 1. The molecule has 0 saturated carbocycles. The first-order chi connectivity index (χ1) is 11.9. The summed E-state index contributed by atoms with van der Waals surface area (Å²) in [5.41, 5.74) is 0. The molecule has 0 bridgehead atoms. The van der Waals surface area contributed by atoms with Crippen LogP contribution in [-0.2, 0) is 14.3 Å². The second kappa shape index (κ2) is 7.82. The number of thioether (sulfide) groups is 1. The number of rotatable bonds is 6. The van der Waals surface area contributed by atoms with E-state index >= 15 is 0 Å². The number of aliphatic carboxylic acids is 1. The van der Waals surface area contributed by atoms with Gasteiger partial charge in [0.05, 0.1) is 24.7 Å². The number of ether oxygens (including phenoxy) is 1. The van der Waals surface area contributed by atoms with Crippen molar-refractivity contribution < 1.29 is 24.2 Å². The second-order valence-corrected chi connectivity index (χ2v) is 8.21. The number of nitrogens with zero attached hydrogens (tertiary/aromatic N) is 1. The van der Waals surface area contributed by atoms with Gasteiger partial charge < -0.3 is 25.4 Å². The van der Waals surface area contributed by atoms with Gasteiger partial charge in [-0.25, -0.2) is 9.59 Å². The third-order valence-electron chi connectivity index (χ3n) is 4.96. The van der Waals surface area contributed by atoms with Gasteiger partial charge in [-0.3, -0.25) is 4.79 Å². The van der Waals surface area contributed by atoms with Gasteiger partial charge in [0, 0.05) is 24.0 Å². The van der Waals surface area contributed by atoms with Crippen molar-refractivity contribution in [3.05, 3.63) is 0 Å². The Morgan fingerprint density at radius 3 is 2.88 bits per heavy atom. The lowest BCUT2D eigenvalue weighted by atomic mass is 10.0. The van der Waals surface area contributed by atoms with Crippen LogP contribution in [0.15, 0.2) is 0 Å². The van der Waals surface area contributed by atoms with Crippen LogP contribution in [0.1, 0.15) is 32.6 Å². The van der Waals surface area contributed by atoms with Crippen LogP contribution >= 0.6 is 11.8 Å². The van der Waals surface area contributed by atoms with Gasteiger partial charge in [-0.15, -0.1) is 0 Å². The number of carbonyl (C=O) groups excluding carboxylic acids is 2. The van der Waals surface area contributed by atoms with Gasteiger partial charge in [-0.1, -0.05) is 6.42 Å². The Morgan fingerprint density at radius 1 is 1.32 bits per heavy atom.